The minimum atomic E-state index is -0.936. The minimum Gasteiger partial charge on any atom is -0.491 e. The largest absolute Gasteiger partial charge is 0.491 e. The fourth-order valence-electron chi connectivity index (χ4n) is 2.61. The summed E-state index contributed by atoms with van der Waals surface area (Å²) in [6.45, 7) is 3.23. The molecule has 21 heavy (non-hydrogen) atoms. The van der Waals surface area contributed by atoms with Crippen LogP contribution in [0.3, 0.4) is 0 Å². The fourth-order valence-corrected chi connectivity index (χ4v) is 2.61. The number of hydrogen-bond acceptors (Lipinski definition) is 3. The van der Waals surface area contributed by atoms with E-state index in [0.29, 0.717) is 18.9 Å². The number of aryl methyl sites for hydroxylation is 1. The SMILES string of the molecule is Cc1ccccc1[C@H]1COc2cc(C(=O)O)ccc2CN1. The molecular weight excluding hydrogens is 266 g/mol. The molecule has 1 atom stereocenters. The van der Waals surface area contributed by atoms with Crippen molar-refractivity contribution in [3.05, 3.63) is 64.7 Å². The van der Waals surface area contributed by atoms with Gasteiger partial charge in [-0.15, -0.1) is 0 Å². The summed E-state index contributed by atoms with van der Waals surface area (Å²) in [5.41, 5.74) is 3.67. The van der Waals surface area contributed by atoms with Gasteiger partial charge in [-0.25, -0.2) is 4.79 Å². The van der Waals surface area contributed by atoms with Gasteiger partial charge >= 0.3 is 5.97 Å². The number of carboxylic acids is 1. The van der Waals surface area contributed by atoms with Crippen LogP contribution in [-0.4, -0.2) is 17.7 Å². The Balaban J connectivity index is 1.85. The Morgan fingerprint density at radius 3 is 2.86 bits per heavy atom. The van der Waals surface area contributed by atoms with Crippen LogP contribution >= 0.6 is 0 Å². The van der Waals surface area contributed by atoms with E-state index >= 15 is 0 Å². The van der Waals surface area contributed by atoms with Crippen molar-refractivity contribution >= 4 is 5.97 Å². The molecule has 3 rings (SSSR count). The zero-order chi connectivity index (χ0) is 14.8. The number of carbonyl (C=O) groups is 1. The lowest BCUT2D eigenvalue weighted by atomic mass is 10.0. The van der Waals surface area contributed by atoms with Crippen LogP contribution in [0.15, 0.2) is 42.5 Å². The Morgan fingerprint density at radius 1 is 1.29 bits per heavy atom. The Labute approximate surface area is 123 Å². The van der Waals surface area contributed by atoms with Gasteiger partial charge < -0.3 is 15.2 Å². The van der Waals surface area contributed by atoms with Gasteiger partial charge in [0.2, 0.25) is 0 Å². The van der Waals surface area contributed by atoms with Gasteiger partial charge in [0.05, 0.1) is 11.6 Å². The van der Waals surface area contributed by atoms with Gasteiger partial charge in [-0.1, -0.05) is 30.3 Å². The number of aromatic carboxylic acids is 1. The van der Waals surface area contributed by atoms with Crippen molar-refractivity contribution in [3.63, 3.8) is 0 Å². The van der Waals surface area contributed by atoms with Crippen molar-refractivity contribution in [2.75, 3.05) is 6.61 Å². The lowest BCUT2D eigenvalue weighted by Crippen LogP contribution is -2.24. The van der Waals surface area contributed by atoms with Crippen LogP contribution in [0.2, 0.25) is 0 Å². The van der Waals surface area contributed by atoms with Gasteiger partial charge in [0, 0.05) is 12.1 Å². The van der Waals surface area contributed by atoms with Crippen molar-refractivity contribution in [1.29, 1.82) is 0 Å². The highest BCUT2D eigenvalue weighted by molar-refractivity contribution is 5.88. The number of nitrogens with one attached hydrogen (secondary N) is 1. The van der Waals surface area contributed by atoms with Gasteiger partial charge in [-0.2, -0.15) is 0 Å². The number of fused-ring (bicyclic) bond motifs is 1. The maximum atomic E-state index is 11.0. The molecule has 0 bridgehead atoms. The Morgan fingerprint density at radius 2 is 2.10 bits per heavy atom. The molecule has 0 spiro atoms. The second-order valence-corrected chi connectivity index (χ2v) is 5.23. The smallest absolute Gasteiger partial charge is 0.335 e. The molecule has 0 aliphatic carbocycles. The molecular formula is C17H17NO3. The van der Waals surface area contributed by atoms with E-state index in [1.807, 2.05) is 18.2 Å². The molecule has 0 unspecified atom stereocenters. The van der Waals surface area contributed by atoms with Gasteiger partial charge in [-0.3, -0.25) is 0 Å². The maximum Gasteiger partial charge on any atom is 0.335 e. The Kier molecular flexibility index (Phi) is 3.62. The number of carboxylic acid groups (broad SMARTS) is 1. The van der Waals surface area contributed by atoms with E-state index in [-0.39, 0.29) is 11.6 Å². The molecule has 108 valence electrons. The number of hydrogen-bond donors (Lipinski definition) is 2. The van der Waals surface area contributed by atoms with E-state index in [2.05, 4.69) is 24.4 Å². The van der Waals surface area contributed by atoms with E-state index in [1.165, 1.54) is 11.1 Å². The molecule has 0 radical (unpaired) electrons. The first-order chi connectivity index (χ1) is 10.1. The predicted octanol–water partition coefficient (Wildman–Crippen LogP) is 2.92. The van der Waals surface area contributed by atoms with Crippen molar-refractivity contribution in [3.8, 4) is 5.75 Å². The molecule has 0 aromatic heterocycles. The normalized spacial score (nSPS) is 17.5. The summed E-state index contributed by atoms with van der Waals surface area (Å²) in [7, 11) is 0. The van der Waals surface area contributed by atoms with Gasteiger partial charge in [0.1, 0.15) is 12.4 Å². The van der Waals surface area contributed by atoms with Crippen molar-refractivity contribution in [2.45, 2.75) is 19.5 Å². The summed E-state index contributed by atoms with van der Waals surface area (Å²) in [6, 6.07) is 13.3. The van der Waals surface area contributed by atoms with Crippen molar-refractivity contribution in [1.82, 2.24) is 5.32 Å². The maximum absolute atomic E-state index is 11.0. The molecule has 1 aliphatic heterocycles. The van der Waals surface area contributed by atoms with Crippen LogP contribution in [-0.2, 0) is 6.54 Å². The van der Waals surface area contributed by atoms with Crippen LogP contribution < -0.4 is 10.1 Å². The molecule has 0 amide bonds. The van der Waals surface area contributed by atoms with E-state index in [1.54, 1.807) is 12.1 Å². The lowest BCUT2D eigenvalue weighted by molar-refractivity contribution is 0.0696. The molecule has 0 fully saturated rings. The standard InChI is InChI=1S/C17H17NO3/c1-11-4-2-3-5-14(11)15-10-21-16-8-12(17(19)20)6-7-13(16)9-18-15/h2-8,15,18H,9-10H2,1H3,(H,19,20)/t15-/m1/s1. The average molecular weight is 283 g/mol. The highest BCUT2D eigenvalue weighted by Gasteiger charge is 2.20. The van der Waals surface area contributed by atoms with Crippen molar-refractivity contribution < 1.29 is 14.6 Å². The molecule has 2 aromatic carbocycles. The Bertz CT molecular complexity index is 681. The summed E-state index contributed by atoms with van der Waals surface area (Å²) < 4.78 is 5.84. The highest BCUT2D eigenvalue weighted by atomic mass is 16.5. The summed E-state index contributed by atoms with van der Waals surface area (Å²) in [5.74, 6) is -0.285. The first-order valence-electron chi connectivity index (χ1n) is 6.93. The van der Waals surface area contributed by atoms with E-state index in [9.17, 15) is 4.79 Å². The molecule has 0 saturated carbocycles. The molecule has 4 nitrogen and oxygen atoms in total. The fraction of sp³-hybridized carbons (Fsp3) is 0.235. The van der Waals surface area contributed by atoms with Crippen LogP contribution in [0.5, 0.6) is 5.75 Å². The average Bonchev–Trinajstić information content (AvgIpc) is 2.69. The van der Waals surface area contributed by atoms with Gasteiger partial charge in [0.15, 0.2) is 0 Å². The third-order valence-electron chi connectivity index (χ3n) is 3.82. The van der Waals surface area contributed by atoms with E-state index in [0.717, 1.165) is 5.56 Å². The summed E-state index contributed by atoms with van der Waals surface area (Å²) in [5, 5.41) is 12.5. The molecule has 2 aromatic rings. The monoisotopic (exact) mass is 283 g/mol. The number of rotatable bonds is 2. The zero-order valence-electron chi connectivity index (χ0n) is 11.8. The van der Waals surface area contributed by atoms with Crippen LogP contribution in [0.4, 0.5) is 0 Å². The molecule has 1 heterocycles. The second kappa shape index (κ2) is 5.58. The van der Waals surface area contributed by atoms with E-state index < -0.39 is 5.97 Å². The first-order valence-corrected chi connectivity index (χ1v) is 6.93. The summed E-state index contributed by atoms with van der Waals surface area (Å²) in [4.78, 5) is 11.0. The number of benzene rings is 2. The van der Waals surface area contributed by atoms with Gasteiger partial charge in [0.25, 0.3) is 0 Å². The topological polar surface area (TPSA) is 58.6 Å². The highest BCUT2D eigenvalue weighted by Crippen LogP contribution is 2.27. The molecule has 0 saturated heterocycles. The Hall–Kier alpha value is -2.33. The van der Waals surface area contributed by atoms with Crippen molar-refractivity contribution in [2.24, 2.45) is 0 Å². The first kappa shape index (κ1) is 13.6. The summed E-state index contributed by atoms with van der Waals surface area (Å²) >= 11 is 0. The predicted molar refractivity (Wildman–Crippen MR) is 79.7 cm³/mol. The quantitative estimate of drug-likeness (QED) is 0.889. The van der Waals surface area contributed by atoms with Crippen LogP contribution in [0.25, 0.3) is 0 Å². The minimum absolute atomic E-state index is 0.104. The number of ether oxygens (including phenoxy) is 1. The zero-order valence-corrected chi connectivity index (χ0v) is 11.8. The van der Waals surface area contributed by atoms with Crippen LogP contribution in [0.1, 0.15) is 33.1 Å². The lowest BCUT2D eigenvalue weighted by Gasteiger charge is -2.17. The van der Waals surface area contributed by atoms with Crippen LogP contribution in [0, 0.1) is 6.92 Å². The van der Waals surface area contributed by atoms with E-state index in [4.69, 9.17) is 9.84 Å². The molecule has 2 N–H and O–H groups in total. The third kappa shape index (κ3) is 2.76. The molecule has 1 aliphatic rings. The van der Waals surface area contributed by atoms with Gasteiger partial charge in [-0.05, 0) is 30.2 Å². The molecule has 4 heteroatoms. The second-order valence-electron chi connectivity index (χ2n) is 5.23. The third-order valence-corrected chi connectivity index (χ3v) is 3.82. The summed E-state index contributed by atoms with van der Waals surface area (Å²) in [6.07, 6.45) is 0.